The molecule has 1 N–H and O–H groups in total. The molecule has 0 saturated carbocycles. The molecule has 2 atom stereocenters. The fourth-order valence-electron chi connectivity index (χ4n) is 2.82. The molecule has 0 aliphatic heterocycles. The van der Waals surface area contributed by atoms with Gasteiger partial charge in [0.25, 0.3) is 0 Å². The Bertz CT molecular complexity index is 661. The molecule has 2 unspecified atom stereocenters. The smallest absolute Gasteiger partial charge is 0.143 e. The van der Waals surface area contributed by atoms with Crippen LogP contribution in [-0.4, -0.2) is 11.2 Å². The number of nitrogens with zero attached hydrogens (tertiary/aromatic N) is 1. The predicted molar refractivity (Wildman–Crippen MR) is 80.1 cm³/mol. The second kappa shape index (κ2) is 5.99. The summed E-state index contributed by atoms with van der Waals surface area (Å²) < 4.78 is 5.84. The van der Waals surface area contributed by atoms with Gasteiger partial charge in [-0.15, -0.1) is 0 Å². The highest BCUT2D eigenvalue weighted by molar-refractivity contribution is 5.40. The van der Waals surface area contributed by atoms with Crippen molar-refractivity contribution in [2.75, 3.05) is 0 Å². The Morgan fingerprint density at radius 2 is 1.90 bits per heavy atom. The number of para-hydroxylation sites is 1. The third-order valence-corrected chi connectivity index (χ3v) is 4.00. The first kappa shape index (κ1) is 13.7. The normalized spacial score (nSPS) is 18.4. The Morgan fingerprint density at radius 3 is 2.67 bits per heavy atom. The van der Waals surface area contributed by atoms with Crippen LogP contribution in [-0.2, 0) is 12.8 Å². The van der Waals surface area contributed by atoms with E-state index in [1.54, 1.807) is 0 Å². The minimum absolute atomic E-state index is 0.0448. The zero-order valence-corrected chi connectivity index (χ0v) is 11.7. The van der Waals surface area contributed by atoms with E-state index in [2.05, 4.69) is 6.07 Å². The van der Waals surface area contributed by atoms with Crippen molar-refractivity contribution in [1.29, 1.82) is 5.26 Å². The standard InChI is InChI=1S/C18H17NO2/c19-12-18(20)15-7-6-14-11-17(9-8-13(14)10-15)21-16-4-2-1-3-5-16/h1-5,8-9,11,15,18,20H,6-7,10H2. The zero-order valence-electron chi connectivity index (χ0n) is 11.7. The molecular formula is C18H17NO2. The monoisotopic (exact) mass is 279 g/mol. The first-order valence-electron chi connectivity index (χ1n) is 7.18. The predicted octanol–water partition coefficient (Wildman–Crippen LogP) is 3.47. The van der Waals surface area contributed by atoms with Crippen molar-refractivity contribution in [1.82, 2.24) is 0 Å². The average Bonchev–Trinajstić information content (AvgIpc) is 2.54. The number of hydrogen-bond donors (Lipinski definition) is 1. The highest BCUT2D eigenvalue weighted by Crippen LogP contribution is 2.31. The van der Waals surface area contributed by atoms with E-state index in [1.807, 2.05) is 48.5 Å². The summed E-state index contributed by atoms with van der Waals surface area (Å²) in [6.45, 7) is 0. The number of nitriles is 1. The first-order valence-corrected chi connectivity index (χ1v) is 7.18. The van der Waals surface area contributed by atoms with Crippen LogP contribution in [0.25, 0.3) is 0 Å². The molecule has 1 aliphatic carbocycles. The van der Waals surface area contributed by atoms with E-state index in [9.17, 15) is 5.11 Å². The second-order valence-electron chi connectivity index (χ2n) is 5.42. The maximum Gasteiger partial charge on any atom is 0.143 e. The molecule has 3 heteroatoms. The quantitative estimate of drug-likeness (QED) is 0.875. The maximum atomic E-state index is 9.67. The molecule has 0 amide bonds. The number of ether oxygens (including phenoxy) is 1. The van der Waals surface area contributed by atoms with E-state index >= 15 is 0 Å². The Hall–Kier alpha value is -2.31. The van der Waals surface area contributed by atoms with E-state index in [-0.39, 0.29) is 5.92 Å². The van der Waals surface area contributed by atoms with Crippen molar-refractivity contribution in [3.63, 3.8) is 0 Å². The van der Waals surface area contributed by atoms with Gasteiger partial charge in [0.05, 0.1) is 6.07 Å². The lowest BCUT2D eigenvalue weighted by molar-refractivity contribution is 0.149. The molecule has 21 heavy (non-hydrogen) atoms. The minimum Gasteiger partial charge on any atom is -0.457 e. The highest BCUT2D eigenvalue weighted by atomic mass is 16.5. The molecule has 0 heterocycles. The summed E-state index contributed by atoms with van der Waals surface area (Å²) >= 11 is 0. The summed E-state index contributed by atoms with van der Waals surface area (Å²) in [6, 6.07) is 17.7. The molecule has 2 aromatic rings. The summed E-state index contributed by atoms with van der Waals surface area (Å²) in [5.74, 6) is 1.70. The number of fused-ring (bicyclic) bond motifs is 1. The van der Waals surface area contributed by atoms with Gasteiger partial charge in [-0.05, 0) is 54.7 Å². The van der Waals surface area contributed by atoms with Crippen LogP contribution in [0.4, 0.5) is 0 Å². The van der Waals surface area contributed by atoms with Gasteiger partial charge in [0.1, 0.15) is 17.6 Å². The van der Waals surface area contributed by atoms with Crippen LogP contribution in [0.3, 0.4) is 0 Å². The molecule has 3 nitrogen and oxygen atoms in total. The molecule has 0 radical (unpaired) electrons. The van der Waals surface area contributed by atoms with Crippen LogP contribution in [0.5, 0.6) is 11.5 Å². The van der Waals surface area contributed by atoms with Crippen LogP contribution in [0.1, 0.15) is 17.5 Å². The average molecular weight is 279 g/mol. The van der Waals surface area contributed by atoms with E-state index in [0.717, 1.165) is 30.8 Å². The number of rotatable bonds is 3. The van der Waals surface area contributed by atoms with Gasteiger partial charge in [0.2, 0.25) is 0 Å². The molecule has 106 valence electrons. The Labute approximate surface area is 124 Å². The number of aliphatic hydroxyl groups excluding tert-OH is 1. The number of hydrogen-bond acceptors (Lipinski definition) is 3. The molecule has 2 aromatic carbocycles. The molecule has 0 bridgehead atoms. The van der Waals surface area contributed by atoms with Crippen molar-refractivity contribution in [3.8, 4) is 17.6 Å². The van der Waals surface area contributed by atoms with E-state index < -0.39 is 6.10 Å². The van der Waals surface area contributed by atoms with Crippen LogP contribution in [0, 0.1) is 17.2 Å². The maximum absolute atomic E-state index is 9.67. The summed E-state index contributed by atoms with van der Waals surface area (Å²) in [6.07, 6.45) is 1.62. The van der Waals surface area contributed by atoms with Crippen molar-refractivity contribution < 1.29 is 9.84 Å². The summed E-state index contributed by atoms with van der Waals surface area (Å²) in [5, 5.41) is 18.5. The fourth-order valence-corrected chi connectivity index (χ4v) is 2.82. The summed E-state index contributed by atoms with van der Waals surface area (Å²) in [7, 11) is 0. The van der Waals surface area contributed by atoms with Crippen LogP contribution in [0.2, 0.25) is 0 Å². The largest absolute Gasteiger partial charge is 0.457 e. The van der Waals surface area contributed by atoms with Crippen LogP contribution >= 0.6 is 0 Å². The van der Waals surface area contributed by atoms with Crippen molar-refractivity contribution in [3.05, 3.63) is 59.7 Å². The summed E-state index contributed by atoms with van der Waals surface area (Å²) in [5.41, 5.74) is 2.46. The molecule has 0 fully saturated rings. The molecule has 0 saturated heterocycles. The Kier molecular flexibility index (Phi) is 3.89. The number of aryl methyl sites for hydroxylation is 1. The molecule has 0 spiro atoms. The van der Waals surface area contributed by atoms with E-state index in [4.69, 9.17) is 10.00 Å². The fraction of sp³-hybridized carbons (Fsp3) is 0.278. The van der Waals surface area contributed by atoms with Gasteiger partial charge in [0.15, 0.2) is 0 Å². The van der Waals surface area contributed by atoms with Crippen LogP contribution in [0.15, 0.2) is 48.5 Å². The topological polar surface area (TPSA) is 53.2 Å². The van der Waals surface area contributed by atoms with Gasteiger partial charge in [-0.3, -0.25) is 0 Å². The van der Waals surface area contributed by atoms with Gasteiger partial charge in [0, 0.05) is 5.92 Å². The van der Waals surface area contributed by atoms with Crippen molar-refractivity contribution in [2.45, 2.75) is 25.4 Å². The number of benzene rings is 2. The van der Waals surface area contributed by atoms with Gasteiger partial charge in [-0.1, -0.05) is 24.3 Å². The lowest BCUT2D eigenvalue weighted by Crippen LogP contribution is -2.25. The molecule has 3 rings (SSSR count). The molecular weight excluding hydrogens is 262 g/mol. The SMILES string of the molecule is N#CC(O)C1CCc2cc(Oc3ccccc3)ccc2C1. The summed E-state index contributed by atoms with van der Waals surface area (Å²) in [4.78, 5) is 0. The lowest BCUT2D eigenvalue weighted by Gasteiger charge is -2.25. The minimum atomic E-state index is -0.863. The Morgan fingerprint density at radius 1 is 1.10 bits per heavy atom. The van der Waals surface area contributed by atoms with Gasteiger partial charge in [-0.2, -0.15) is 5.26 Å². The number of aliphatic hydroxyl groups is 1. The third kappa shape index (κ3) is 3.07. The van der Waals surface area contributed by atoms with Crippen molar-refractivity contribution in [2.24, 2.45) is 5.92 Å². The first-order chi connectivity index (χ1) is 10.3. The van der Waals surface area contributed by atoms with E-state index in [0.29, 0.717) is 0 Å². The second-order valence-corrected chi connectivity index (χ2v) is 5.42. The van der Waals surface area contributed by atoms with Crippen LogP contribution < -0.4 is 4.74 Å². The van der Waals surface area contributed by atoms with Gasteiger partial charge < -0.3 is 9.84 Å². The van der Waals surface area contributed by atoms with Gasteiger partial charge >= 0.3 is 0 Å². The Balaban J connectivity index is 1.76. The molecule has 0 aromatic heterocycles. The lowest BCUT2D eigenvalue weighted by atomic mass is 9.81. The van der Waals surface area contributed by atoms with E-state index in [1.165, 1.54) is 11.1 Å². The van der Waals surface area contributed by atoms with Gasteiger partial charge in [-0.25, -0.2) is 0 Å². The van der Waals surface area contributed by atoms with Crippen molar-refractivity contribution >= 4 is 0 Å². The molecule has 1 aliphatic rings. The highest BCUT2D eigenvalue weighted by Gasteiger charge is 2.24. The third-order valence-electron chi connectivity index (χ3n) is 4.00. The zero-order chi connectivity index (χ0) is 14.7.